The van der Waals surface area contributed by atoms with Crippen LogP contribution in [-0.4, -0.2) is 32.6 Å². The third-order valence-corrected chi connectivity index (χ3v) is 3.72. The third-order valence-electron chi connectivity index (χ3n) is 3.72. The van der Waals surface area contributed by atoms with E-state index >= 15 is 0 Å². The molecular weight excluding hydrogens is 278 g/mol. The fourth-order valence-electron chi connectivity index (χ4n) is 2.66. The predicted molar refractivity (Wildman–Crippen MR) is 85.3 cm³/mol. The number of hydrogen-bond donors (Lipinski definition) is 1. The number of ether oxygens (including phenoxy) is 3. The molecular formula is C18H21NO3. The van der Waals surface area contributed by atoms with Crippen LogP contribution in [0.5, 0.6) is 11.5 Å². The smallest absolute Gasteiger partial charge is 0.227 e. The van der Waals surface area contributed by atoms with Gasteiger partial charge in [0.1, 0.15) is 0 Å². The molecule has 0 radical (unpaired) electrons. The lowest BCUT2D eigenvalue weighted by molar-refractivity contribution is -0.194. The summed E-state index contributed by atoms with van der Waals surface area (Å²) in [5.41, 5.74) is 1.18. The van der Waals surface area contributed by atoms with Crippen LogP contribution in [0.4, 0.5) is 0 Å². The fraction of sp³-hybridized carbons (Fsp3) is 0.333. The van der Waals surface area contributed by atoms with Gasteiger partial charge in [-0.05, 0) is 17.7 Å². The summed E-state index contributed by atoms with van der Waals surface area (Å²) in [4.78, 5) is 0. The van der Waals surface area contributed by atoms with Gasteiger partial charge in [0.05, 0.1) is 20.3 Å². The second kappa shape index (κ2) is 6.81. The van der Waals surface area contributed by atoms with Crippen LogP contribution >= 0.6 is 0 Å². The van der Waals surface area contributed by atoms with Crippen molar-refractivity contribution in [1.82, 2.24) is 5.32 Å². The SMILES string of the molecule is COc1ccccc1OC1(Cc2ccccc2)CNCCO1. The molecule has 1 N–H and O–H groups in total. The Morgan fingerprint density at radius 1 is 1.05 bits per heavy atom. The van der Waals surface area contributed by atoms with Crippen LogP contribution in [0.15, 0.2) is 54.6 Å². The van der Waals surface area contributed by atoms with Gasteiger partial charge in [0.2, 0.25) is 5.79 Å². The molecule has 0 aliphatic carbocycles. The molecule has 2 aromatic rings. The molecule has 2 aromatic carbocycles. The lowest BCUT2D eigenvalue weighted by atomic mass is 10.0. The van der Waals surface area contributed by atoms with Crippen molar-refractivity contribution in [1.29, 1.82) is 0 Å². The molecule has 3 rings (SSSR count). The van der Waals surface area contributed by atoms with Gasteiger partial charge in [-0.3, -0.25) is 0 Å². The van der Waals surface area contributed by atoms with Crippen LogP contribution in [0.3, 0.4) is 0 Å². The van der Waals surface area contributed by atoms with E-state index in [1.165, 1.54) is 5.56 Å². The molecule has 1 unspecified atom stereocenters. The van der Waals surface area contributed by atoms with Crippen molar-refractivity contribution >= 4 is 0 Å². The molecule has 4 nitrogen and oxygen atoms in total. The van der Waals surface area contributed by atoms with Gasteiger partial charge < -0.3 is 19.5 Å². The molecule has 22 heavy (non-hydrogen) atoms. The summed E-state index contributed by atoms with van der Waals surface area (Å²) in [5, 5.41) is 3.36. The van der Waals surface area contributed by atoms with E-state index in [9.17, 15) is 0 Å². The minimum Gasteiger partial charge on any atom is -0.493 e. The minimum atomic E-state index is -0.714. The molecule has 0 amide bonds. The van der Waals surface area contributed by atoms with Crippen LogP contribution in [0.2, 0.25) is 0 Å². The average Bonchev–Trinajstić information content (AvgIpc) is 2.57. The summed E-state index contributed by atoms with van der Waals surface area (Å²) in [6.07, 6.45) is 0.679. The fourth-order valence-corrected chi connectivity index (χ4v) is 2.66. The summed E-state index contributed by atoms with van der Waals surface area (Å²) in [7, 11) is 1.64. The van der Waals surface area contributed by atoms with E-state index in [2.05, 4.69) is 17.4 Å². The Morgan fingerprint density at radius 3 is 2.45 bits per heavy atom. The van der Waals surface area contributed by atoms with E-state index < -0.39 is 5.79 Å². The molecule has 1 saturated heterocycles. The van der Waals surface area contributed by atoms with E-state index in [4.69, 9.17) is 14.2 Å². The second-order valence-electron chi connectivity index (χ2n) is 5.35. The molecule has 1 heterocycles. The molecule has 0 aromatic heterocycles. The zero-order valence-corrected chi connectivity index (χ0v) is 12.7. The molecule has 1 aliphatic rings. The first-order valence-corrected chi connectivity index (χ1v) is 7.52. The van der Waals surface area contributed by atoms with Gasteiger partial charge >= 0.3 is 0 Å². The number of morpholine rings is 1. The van der Waals surface area contributed by atoms with Gasteiger partial charge in [-0.15, -0.1) is 0 Å². The number of rotatable bonds is 5. The lowest BCUT2D eigenvalue weighted by Gasteiger charge is -2.38. The van der Waals surface area contributed by atoms with Crippen molar-refractivity contribution in [2.75, 3.05) is 26.8 Å². The molecule has 4 heteroatoms. The molecule has 1 aliphatic heterocycles. The van der Waals surface area contributed by atoms with Gasteiger partial charge in [-0.1, -0.05) is 42.5 Å². The molecule has 1 atom stereocenters. The van der Waals surface area contributed by atoms with E-state index in [0.717, 1.165) is 6.54 Å². The average molecular weight is 299 g/mol. The van der Waals surface area contributed by atoms with E-state index in [1.807, 2.05) is 42.5 Å². The minimum absolute atomic E-state index is 0.627. The molecule has 0 bridgehead atoms. The van der Waals surface area contributed by atoms with E-state index in [-0.39, 0.29) is 0 Å². The molecule has 0 saturated carbocycles. The summed E-state index contributed by atoms with van der Waals surface area (Å²) >= 11 is 0. The topological polar surface area (TPSA) is 39.7 Å². The highest BCUT2D eigenvalue weighted by Crippen LogP contribution is 2.32. The standard InChI is InChI=1S/C18H21NO3/c1-20-16-9-5-6-10-17(16)22-18(14-19-11-12-21-18)13-15-7-3-2-4-8-15/h2-10,19H,11-14H2,1H3. The van der Waals surface area contributed by atoms with Crippen molar-refractivity contribution in [3.05, 3.63) is 60.2 Å². The summed E-state index contributed by atoms with van der Waals surface area (Å²) in [6.45, 7) is 2.10. The highest BCUT2D eigenvalue weighted by Gasteiger charge is 2.36. The monoisotopic (exact) mass is 299 g/mol. The Labute approximate surface area is 131 Å². The first-order valence-electron chi connectivity index (χ1n) is 7.52. The van der Waals surface area contributed by atoms with Crippen LogP contribution < -0.4 is 14.8 Å². The Bertz CT molecular complexity index is 594. The number of hydrogen-bond acceptors (Lipinski definition) is 4. The largest absolute Gasteiger partial charge is 0.493 e. The van der Waals surface area contributed by atoms with Crippen LogP contribution in [0.25, 0.3) is 0 Å². The summed E-state index contributed by atoms with van der Waals surface area (Å²) in [5.74, 6) is 0.697. The third kappa shape index (κ3) is 3.40. The Balaban J connectivity index is 1.86. The number of benzene rings is 2. The quantitative estimate of drug-likeness (QED) is 0.921. The van der Waals surface area contributed by atoms with E-state index in [0.29, 0.717) is 31.1 Å². The normalized spacial score (nSPS) is 21.3. The van der Waals surface area contributed by atoms with Crippen molar-refractivity contribution in [2.24, 2.45) is 0 Å². The zero-order valence-electron chi connectivity index (χ0n) is 12.7. The lowest BCUT2D eigenvalue weighted by Crippen LogP contribution is -2.55. The Hall–Kier alpha value is -2.04. The summed E-state index contributed by atoms with van der Waals surface area (Å²) < 4.78 is 17.7. The van der Waals surface area contributed by atoms with Crippen LogP contribution in [-0.2, 0) is 11.2 Å². The van der Waals surface area contributed by atoms with Gasteiger partial charge in [-0.2, -0.15) is 0 Å². The number of methoxy groups -OCH3 is 1. The maximum absolute atomic E-state index is 6.26. The molecule has 1 fully saturated rings. The van der Waals surface area contributed by atoms with E-state index in [1.54, 1.807) is 7.11 Å². The maximum atomic E-state index is 6.26. The second-order valence-corrected chi connectivity index (χ2v) is 5.35. The van der Waals surface area contributed by atoms with Gasteiger partial charge in [0.15, 0.2) is 11.5 Å². The highest BCUT2D eigenvalue weighted by molar-refractivity contribution is 5.40. The summed E-state index contributed by atoms with van der Waals surface area (Å²) in [6, 6.07) is 17.9. The van der Waals surface area contributed by atoms with Crippen molar-refractivity contribution in [3.8, 4) is 11.5 Å². The Kier molecular flexibility index (Phi) is 4.61. The molecule has 0 spiro atoms. The van der Waals surface area contributed by atoms with Crippen LogP contribution in [0, 0.1) is 0 Å². The molecule has 116 valence electrons. The Morgan fingerprint density at radius 2 is 1.77 bits per heavy atom. The first kappa shape index (κ1) is 14.9. The predicted octanol–water partition coefficient (Wildman–Crippen LogP) is 2.63. The number of para-hydroxylation sites is 2. The van der Waals surface area contributed by atoms with Crippen molar-refractivity contribution < 1.29 is 14.2 Å². The van der Waals surface area contributed by atoms with Crippen LogP contribution in [0.1, 0.15) is 5.56 Å². The first-order chi connectivity index (χ1) is 10.8. The van der Waals surface area contributed by atoms with Crippen molar-refractivity contribution in [2.45, 2.75) is 12.2 Å². The highest BCUT2D eigenvalue weighted by atomic mass is 16.7. The number of nitrogens with one attached hydrogen (secondary N) is 1. The van der Waals surface area contributed by atoms with Gasteiger partial charge in [0.25, 0.3) is 0 Å². The van der Waals surface area contributed by atoms with Gasteiger partial charge in [0, 0.05) is 13.0 Å². The van der Waals surface area contributed by atoms with Crippen molar-refractivity contribution in [3.63, 3.8) is 0 Å². The van der Waals surface area contributed by atoms with Gasteiger partial charge in [-0.25, -0.2) is 0 Å². The zero-order chi connectivity index (χ0) is 15.3. The maximum Gasteiger partial charge on any atom is 0.227 e.